The molecule has 0 N–H and O–H groups in total. The van der Waals surface area contributed by atoms with E-state index in [9.17, 15) is 8.78 Å². The summed E-state index contributed by atoms with van der Waals surface area (Å²) in [6.07, 6.45) is 2.80. The Morgan fingerprint density at radius 3 is 2.29 bits per heavy atom. The van der Waals surface area contributed by atoms with Crippen LogP contribution in [0.3, 0.4) is 0 Å². The topological polar surface area (TPSA) is 4.93 Å². The zero-order valence-electron chi connectivity index (χ0n) is 7.59. The summed E-state index contributed by atoms with van der Waals surface area (Å²) in [7, 11) is 1.70. The van der Waals surface area contributed by atoms with Gasteiger partial charge >= 0.3 is 0 Å². The van der Waals surface area contributed by atoms with E-state index in [0.717, 1.165) is 0 Å². The van der Waals surface area contributed by atoms with Crippen LogP contribution >= 0.6 is 0 Å². The number of hydrogen-bond donors (Lipinski definition) is 0. The highest BCUT2D eigenvalue weighted by Crippen LogP contribution is 2.25. The molecule has 0 unspecified atom stereocenters. The number of halogens is 2. The minimum absolute atomic E-state index is 0.00347. The second kappa shape index (κ2) is 3.25. The predicted molar refractivity (Wildman–Crippen MR) is 49.6 cm³/mol. The van der Waals surface area contributed by atoms with Crippen molar-refractivity contribution in [2.75, 3.05) is 0 Å². The van der Waals surface area contributed by atoms with E-state index in [4.69, 9.17) is 0 Å². The maximum Gasteiger partial charge on any atom is 0.135 e. The summed E-state index contributed by atoms with van der Waals surface area (Å²) < 4.78 is 28.2. The summed E-state index contributed by atoms with van der Waals surface area (Å²) in [5, 5.41) is 0. The largest absolute Gasteiger partial charge is 0.342 e. The number of rotatable bonds is 1. The van der Waals surface area contributed by atoms with E-state index in [0.29, 0.717) is 5.69 Å². The lowest BCUT2D eigenvalue weighted by molar-refractivity contribution is 0.587. The van der Waals surface area contributed by atoms with Crippen LogP contribution in [0, 0.1) is 17.8 Å². The number of aryl methyl sites for hydroxylation is 1. The minimum Gasteiger partial charge on any atom is -0.342 e. The average Bonchev–Trinajstić information content (AvgIpc) is 2.52. The van der Waals surface area contributed by atoms with Gasteiger partial charge in [-0.2, -0.15) is 0 Å². The van der Waals surface area contributed by atoms with Crippen LogP contribution in [-0.2, 0) is 7.05 Å². The molecule has 1 aromatic carbocycles. The molecule has 1 radical (unpaired) electrons. The summed E-state index contributed by atoms with van der Waals surface area (Å²) in [6, 6.07) is 7.08. The Hall–Kier alpha value is -1.64. The van der Waals surface area contributed by atoms with Crippen molar-refractivity contribution in [1.82, 2.24) is 4.57 Å². The van der Waals surface area contributed by atoms with Crippen LogP contribution in [0.5, 0.6) is 0 Å². The molecule has 1 aromatic heterocycles. The maximum absolute atomic E-state index is 13.3. The fourth-order valence-corrected chi connectivity index (χ4v) is 1.40. The Kier molecular flexibility index (Phi) is 2.08. The SMILES string of the molecule is Cn1[c]ccc1-c1c(F)cccc1F. The van der Waals surface area contributed by atoms with Crippen molar-refractivity contribution in [1.29, 1.82) is 0 Å². The van der Waals surface area contributed by atoms with Crippen molar-refractivity contribution in [3.8, 4) is 11.3 Å². The molecule has 14 heavy (non-hydrogen) atoms. The van der Waals surface area contributed by atoms with E-state index in [1.165, 1.54) is 18.2 Å². The Balaban J connectivity index is 2.68. The Morgan fingerprint density at radius 1 is 1.14 bits per heavy atom. The first kappa shape index (κ1) is 8.94. The molecule has 0 spiro atoms. The summed E-state index contributed by atoms with van der Waals surface area (Å²) >= 11 is 0. The van der Waals surface area contributed by atoms with Crippen LogP contribution in [0.1, 0.15) is 0 Å². The summed E-state index contributed by atoms with van der Waals surface area (Å²) in [4.78, 5) is 0. The molecule has 0 aliphatic rings. The molecule has 0 bridgehead atoms. The lowest BCUT2D eigenvalue weighted by Crippen LogP contribution is -1.95. The molecule has 2 aromatic rings. The number of benzene rings is 1. The van der Waals surface area contributed by atoms with Crippen molar-refractivity contribution in [3.63, 3.8) is 0 Å². The highest BCUT2D eigenvalue weighted by Gasteiger charge is 2.12. The summed E-state index contributed by atoms with van der Waals surface area (Å²) in [5.74, 6) is -1.11. The van der Waals surface area contributed by atoms with Gasteiger partial charge in [0.1, 0.15) is 11.6 Å². The normalized spacial score (nSPS) is 10.5. The lowest BCUT2D eigenvalue weighted by atomic mass is 10.1. The van der Waals surface area contributed by atoms with Gasteiger partial charge in [-0.15, -0.1) is 0 Å². The van der Waals surface area contributed by atoms with Gasteiger partial charge in [0, 0.05) is 7.05 Å². The van der Waals surface area contributed by atoms with Crippen LogP contribution < -0.4 is 0 Å². The third kappa shape index (κ3) is 1.31. The smallest absolute Gasteiger partial charge is 0.135 e. The van der Waals surface area contributed by atoms with Gasteiger partial charge in [0.25, 0.3) is 0 Å². The number of nitrogens with zero attached hydrogens (tertiary/aromatic N) is 1. The molecule has 0 saturated carbocycles. The molecule has 0 saturated heterocycles. The molecule has 3 heteroatoms. The van der Waals surface area contributed by atoms with Gasteiger partial charge in [-0.3, -0.25) is 0 Å². The third-order valence-electron chi connectivity index (χ3n) is 2.09. The molecule has 0 aliphatic carbocycles. The first-order valence-electron chi connectivity index (χ1n) is 4.18. The van der Waals surface area contributed by atoms with E-state index in [-0.39, 0.29) is 5.56 Å². The van der Waals surface area contributed by atoms with Gasteiger partial charge in [0.15, 0.2) is 0 Å². The van der Waals surface area contributed by atoms with Crippen molar-refractivity contribution in [2.45, 2.75) is 0 Å². The molecule has 0 fully saturated rings. The molecule has 71 valence electrons. The fourth-order valence-electron chi connectivity index (χ4n) is 1.40. The highest BCUT2D eigenvalue weighted by atomic mass is 19.1. The molecular formula is C11H8F2N. The number of aromatic nitrogens is 1. The van der Waals surface area contributed by atoms with Gasteiger partial charge in [0.2, 0.25) is 0 Å². The second-order valence-corrected chi connectivity index (χ2v) is 3.00. The first-order valence-corrected chi connectivity index (χ1v) is 4.18. The summed E-state index contributed by atoms with van der Waals surface area (Å²) in [6.45, 7) is 0. The van der Waals surface area contributed by atoms with Crippen molar-refractivity contribution in [3.05, 3.63) is 48.2 Å². The van der Waals surface area contributed by atoms with Crippen LogP contribution in [-0.4, -0.2) is 4.57 Å². The van der Waals surface area contributed by atoms with Gasteiger partial charge in [-0.25, -0.2) is 8.78 Å². The third-order valence-corrected chi connectivity index (χ3v) is 2.09. The van der Waals surface area contributed by atoms with Crippen molar-refractivity contribution >= 4 is 0 Å². The minimum atomic E-state index is -0.555. The molecule has 1 nitrogen and oxygen atoms in total. The van der Waals surface area contributed by atoms with Gasteiger partial charge in [-0.05, 0) is 24.3 Å². The molecule has 2 rings (SSSR count). The number of hydrogen-bond acceptors (Lipinski definition) is 0. The zero-order chi connectivity index (χ0) is 10.1. The van der Waals surface area contributed by atoms with Gasteiger partial charge in [0.05, 0.1) is 17.5 Å². The molecule has 1 heterocycles. The van der Waals surface area contributed by atoms with E-state index in [2.05, 4.69) is 6.20 Å². The second-order valence-electron chi connectivity index (χ2n) is 3.00. The van der Waals surface area contributed by atoms with E-state index >= 15 is 0 Å². The Bertz CT molecular complexity index is 440. The lowest BCUT2D eigenvalue weighted by Gasteiger charge is -2.05. The Labute approximate surface area is 80.6 Å². The molecule has 0 aliphatic heterocycles. The summed E-state index contributed by atoms with van der Waals surface area (Å²) in [5.41, 5.74) is 0.483. The fraction of sp³-hybridized carbons (Fsp3) is 0.0909. The molecule has 0 amide bonds. The highest BCUT2D eigenvalue weighted by molar-refractivity contribution is 5.61. The van der Waals surface area contributed by atoms with Crippen LogP contribution in [0.15, 0.2) is 30.3 Å². The monoisotopic (exact) mass is 192 g/mol. The van der Waals surface area contributed by atoms with Crippen LogP contribution in [0.4, 0.5) is 8.78 Å². The van der Waals surface area contributed by atoms with Crippen molar-refractivity contribution in [2.24, 2.45) is 7.05 Å². The van der Waals surface area contributed by atoms with E-state index < -0.39 is 11.6 Å². The molecular weight excluding hydrogens is 184 g/mol. The quantitative estimate of drug-likeness (QED) is 0.654. The zero-order valence-corrected chi connectivity index (χ0v) is 7.59. The standard InChI is InChI=1S/C11H8F2N/c1-14-7-3-6-10(14)11-8(12)4-2-5-9(11)13/h2-6H,1H3. The van der Waals surface area contributed by atoms with Crippen LogP contribution in [0.2, 0.25) is 0 Å². The van der Waals surface area contributed by atoms with Crippen LogP contribution in [0.25, 0.3) is 11.3 Å². The van der Waals surface area contributed by atoms with Gasteiger partial charge < -0.3 is 4.57 Å². The molecule has 0 atom stereocenters. The Morgan fingerprint density at radius 2 is 1.79 bits per heavy atom. The van der Waals surface area contributed by atoms with Gasteiger partial charge in [-0.1, -0.05) is 6.07 Å². The predicted octanol–water partition coefficient (Wildman–Crippen LogP) is 2.77. The average molecular weight is 192 g/mol. The van der Waals surface area contributed by atoms with E-state index in [1.54, 1.807) is 23.7 Å². The first-order chi connectivity index (χ1) is 6.70. The van der Waals surface area contributed by atoms with Crippen molar-refractivity contribution < 1.29 is 8.78 Å². The van der Waals surface area contributed by atoms with E-state index in [1.807, 2.05) is 0 Å². The maximum atomic E-state index is 13.3.